The summed E-state index contributed by atoms with van der Waals surface area (Å²) in [6, 6.07) is 6.35. The van der Waals surface area contributed by atoms with Crippen LogP contribution in [0.15, 0.2) is 30.6 Å². The van der Waals surface area contributed by atoms with Gasteiger partial charge in [-0.15, -0.1) is 0 Å². The highest BCUT2D eigenvalue weighted by Gasteiger charge is 2.25. The van der Waals surface area contributed by atoms with Crippen molar-refractivity contribution in [2.75, 3.05) is 24.7 Å². The average molecular weight is 312 g/mol. The Hall–Kier alpha value is -2.01. The Morgan fingerprint density at radius 1 is 1.26 bits per heavy atom. The maximum atomic E-state index is 5.69. The number of nitrogens with zero attached hydrogens (tertiary/aromatic N) is 4. The normalized spacial score (nSPS) is 18.4. The second-order valence-electron chi connectivity index (χ2n) is 6.48. The molecule has 0 bridgehead atoms. The lowest BCUT2D eigenvalue weighted by atomic mass is 10.0. The molecule has 0 aliphatic carbocycles. The van der Waals surface area contributed by atoms with E-state index >= 15 is 0 Å². The average Bonchev–Trinajstić information content (AvgIpc) is 2.55. The highest BCUT2D eigenvalue weighted by molar-refractivity contribution is 5.57. The molecule has 0 saturated carbocycles. The van der Waals surface area contributed by atoms with Crippen molar-refractivity contribution in [2.24, 2.45) is 5.92 Å². The molecule has 0 radical (unpaired) electrons. The third kappa shape index (κ3) is 3.85. The number of anilines is 1. The summed E-state index contributed by atoms with van der Waals surface area (Å²) in [6.45, 7) is 8.92. The van der Waals surface area contributed by atoms with Gasteiger partial charge in [-0.1, -0.05) is 13.8 Å². The molecule has 5 heteroatoms. The molecule has 1 aliphatic heterocycles. The van der Waals surface area contributed by atoms with E-state index < -0.39 is 0 Å². The Morgan fingerprint density at radius 3 is 2.78 bits per heavy atom. The minimum atomic E-state index is 0.378. The molecule has 122 valence electrons. The zero-order valence-electron chi connectivity index (χ0n) is 14.1. The van der Waals surface area contributed by atoms with Crippen molar-refractivity contribution in [3.8, 4) is 11.4 Å². The summed E-state index contributed by atoms with van der Waals surface area (Å²) >= 11 is 0. The van der Waals surface area contributed by atoms with E-state index in [9.17, 15) is 0 Å². The molecule has 0 aromatic carbocycles. The summed E-state index contributed by atoms with van der Waals surface area (Å²) in [6.07, 6.45) is 4.65. The summed E-state index contributed by atoms with van der Waals surface area (Å²) in [5, 5.41) is 0. The largest absolute Gasteiger partial charge is 0.377 e. The summed E-state index contributed by atoms with van der Waals surface area (Å²) in [5.41, 5.74) is 1.98. The van der Waals surface area contributed by atoms with Crippen molar-refractivity contribution in [3.05, 3.63) is 36.3 Å². The fourth-order valence-electron chi connectivity index (χ4n) is 3.03. The van der Waals surface area contributed by atoms with Crippen molar-refractivity contribution in [2.45, 2.75) is 33.2 Å². The maximum absolute atomic E-state index is 5.69. The van der Waals surface area contributed by atoms with Gasteiger partial charge >= 0.3 is 0 Å². The topological polar surface area (TPSA) is 51.1 Å². The number of pyridine rings is 1. The van der Waals surface area contributed by atoms with Crippen molar-refractivity contribution in [1.82, 2.24) is 15.0 Å². The van der Waals surface area contributed by atoms with Crippen LogP contribution in [-0.4, -0.2) is 40.8 Å². The predicted octanol–water partition coefficient (Wildman–Crippen LogP) is 3.10. The van der Waals surface area contributed by atoms with E-state index in [2.05, 4.69) is 34.8 Å². The van der Waals surface area contributed by atoms with Gasteiger partial charge in [0.2, 0.25) is 0 Å². The summed E-state index contributed by atoms with van der Waals surface area (Å²) in [5.74, 6) is 2.39. The fourth-order valence-corrected chi connectivity index (χ4v) is 3.03. The zero-order chi connectivity index (χ0) is 16.2. The molecule has 1 atom stereocenters. The number of hydrogen-bond donors (Lipinski definition) is 0. The van der Waals surface area contributed by atoms with Crippen molar-refractivity contribution in [3.63, 3.8) is 0 Å². The second-order valence-corrected chi connectivity index (χ2v) is 6.48. The first-order chi connectivity index (χ1) is 11.1. The molecule has 0 N–H and O–H groups in total. The summed E-state index contributed by atoms with van der Waals surface area (Å²) in [7, 11) is 0. The first-order valence-corrected chi connectivity index (χ1v) is 8.24. The van der Waals surface area contributed by atoms with E-state index in [1.807, 2.05) is 19.1 Å². The van der Waals surface area contributed by atoms with E-state index in [1.165, 1.54) is 0 Å². The number of aromatic nitrogens is 3. The summed E-state index contributed by atoms with van der Waals surface area (Å²) in [4.78, 5) is 15.9. The predicted molar refractivity (Wildman–Crippen MR) is 91.4 cm³/mol. The van der Waals surface area contributed by atoms with Crippen molar-refractivity contribution >= 4 is 5.82 Å². The first-order valence-electron chi connectivity index (χ1n) is 8.24. The molecule has 2 aromatic heterocycles. The molecule has 3 heterocycles. The van der Waals surface area contributed by atoms with Crippen molar-refractivity contribution in [1.29, 1.82) is 0 Å². The molecule has 1 aliphatic rings. The Labute approximate surface area is 137 Å². The van der Waals surface area contributed by atoms with Gasteiger partial charge in [-0.25, -0.2) is 9.97 Å². The van der Waals surface area contributed by atoms with Crippen LogP contribution in [0.5, 0.6) is 0 Å². The van der Waals surface area contributed by atoms with Gasteiger partial charge in [-0.3, -0.25) is 4.98 Å². The van der Waals surface area contributed by atoms with Crippen LogP contribution in [0.4, 0.5) is 5.82 Å². The van der Waals surface area contributed by atoms with Crippen LogP contribution >= 0.6 is 0 Å². The lowest BCUT2D eigenvalue weighted by molar-refractivity contribution is 0.0873. The van der Waals surface area contributed by atoms with Crippen LogP contribution in [-0.2, 0) is 4.74 Å². The smallest absolute Gasteiger partial charge is 0.161 e. The minimum absolute atomic E-state index is 0.378. The molecule has 3 rings (SSSR count). The lowest BCUT2D eigenvalue weighted by Crippen LogP contribution is -2.46. The lowest BCUT2D eigenvalue weighted by Gasteiger charge is -2.37. The van der Waals surface area contributed by atoms with Crippen LogP contribution in [0.1, 0.15) is 26.0 Å². The standard InChI is InChI=1S/C18H24N4O/c1-13(2)10-16-12-23-9-8-22(16)17-11-14(3)20-18(21-17)15-4-6-19-7-5-15/h4-7,11,13,16H,8-10,12H2,1-3H3. The SMILES string of the molecule is Cc1cc(N2CCOCC2CC(C)C)nc(-c2ccncc2)n1. The number of morpholine rings is 1. The Bertz CT molecular complexity index is 645. The Kier molecular flexibility index (Phi) is 4.86. The molecule has 2 aromatic rings. The molecule has 1 fully saturated rings. The van der Waals surface area contributed by atoms with E-state index in [1.54, 1.807) is 12.4 Å². The highest BCUT2D eigenvalue weighted by atomic mass is 16.5. The van der Waals surface area contributed by atoms with Gasteiger partial charge in [0.15, 0.2) is 5.82 Å². The highest BCUT2D eigenvalue weighted by Crippen LogP contribution is 2.25. The first kappa shape index (κ1) is 15.9. The van der Waals surface area contributed by atoms with E-state index in [0.717, 1.165) is 49.1 Å². The van der Waals surface area contributed by atoms with Gasteiger partial charge in [0.1, 0.15) is 5.82 Å². The zero-order valence-corrected chi connectivity index (χ0v) is 14.1. The fraction of sp³-hybridized carbons (Fsp3) is 0.500. The minimum Gasteiger partial charge on any atom is -0.377 e. The van der Waals surface area contributed by atoms with Crippen LogP contribution in [0.2, 0.25) is 0 Å². The van der Waals surface area contributed by atoms with Crippen LogP contribution in [0.3, 0.4) is 0 Å². The van der Waals surface area contributed by atoms with E-state index in [0.29, 0.717) is 12.0 Å². The van der Waals surface area contributed by atoms with E-state index in [4.69, 9.17) is 9.72 Å². The third-order valence-electron chi connectivity index (χ3n) is 4.04. The molecule has 1 saturated heterocycles. The van der Waals surface area contributed by atoms with Gasteiger partial charge < -0.3 is 9.64 Å². The molecule has 23 heavy (non-hydrogen) atoms. The molecule has 1 unspecified atom stereocenters. The van der Waals surface area contributed by atoms with Crippen molar-refractivity contribution < 1.29 is 4.74 Å². The maximum Gasteiger partial charge on any atom is 0.161 e. The molecule has 5 nitrogen and oxygen atoms in total. The second kappa shape index (κ2) is 7.04. The third-order valence-corrected chi connectivity index (χ3v) is 4.04. The van der Waals surface area contributed by atoms with Gasteiger partial charge in [0, 0.05) is 36.3 Å². The molecule has 0 amide bonds. The van der Waals surface area contributed by atoms with E-state index in [-0.39, 0.29) is 0 Å². The number of ether oxygens (including phenoxy) is 1. The quantitative estimate of drug-likeness (QED) is 0.868. The van der Waals surface area contributed by atoms with Gasteiger partial charge in [0.05, 0.1) is 19.3 Å². The van der Waals surface area contributed by atoms with Gasteiger partial charge in [-0.2, -0.15) is 0 Å². The molecular weight excluding hydrogens is 288 g/mol. The monoisotopic (exact) mass is 312 g/mol. The molecular formula is C18H24N4O. The number of hydrogen-bond acceptors (Lipinski definition) is 5. The Balaban J connectivity index is 1.93. The molecule has 0 spiro atoms. The van der Waals surface area contributed by atoms with Crippen LogP contribution < -0.4 is 4.90 Å². The summed E-state index contributed by atoms with van der Waals surface area (Å²) < 4.78 is 5.69. The van der Waals surface area contributed by atoms with Crippen LogP contribution in [0, 0.1) is 12.8 Å². The van der Waals surface area contributed by atoms with Crippen LogP contribution in [0.25, 0.3) is 11.4 Å². The number of rotatable bonds is 4. The Morgan fingerprint density at radius 2 is 2.04 bits per heavy atom. The number of aryl methyl sites for hydroxylation is 1. The van der Waals surface area contributed by atoms with Gasteiger partial charge in [0.25, 0.3) is 0 Å². The van der Waals surface area contributed by atoms with Gasteiger partial charge in [-0.05, 0) is 31.4 Å².